The smallest absolute Gasteiger partial charge is 0.156 e. The molecule has 1 nitrogen and oxygen atoms in total. The summed E-state index contributed by atoms with van der Waals surface area (Å²) in [6, 6.07) is 18.8. The number of hydrogen-bond acceptors (Lipinski definition) is 1. The van der Waals surface area contributed by atoms with Gasteiger partial charge in [0.05, 0.1) is 0 Å². The highest BCUT2D eigenvalue weighted by atomic mass is 16.1. The molecule has 0 spiro atoms. The van der Waals surface area contributed by atoms with Crippen LogP contribution in [0.5, 0.6) is 0 Å². The van der Waals surface area contributed by atoms with E-state index in [-0.39, 0.29) is 5.78 Å². The molecule has 1 heteroatoms. The van der Waals surface area contributed by atoms with Crippen molar-refractivity contribution in [3.05, 3.63) is 77.4 Å². The summed E-state index contributed by atoms with van der Waals surface area (Å²) in [5.41, 5.74) is 4.85. The summed E-state index contributed by atoms with van der Waals surface area (Å²) in [5, 5.41) is 0. The molecule has 1 aliphatic carbocycles. The molecule has 20 heavy (non-hydrogen) atoms. The van der Waals surface area contributed by atoms with E-state index in [1.165, 1.54) is 11.1 Å². The van der Waals surface area contributed by atoms with Gasteiger partial charge in [0.1, 0.15) is 0 Å². The number of allylic oxidation sites excluding steroid dienone is 2. The van der Waals surface area contributed by atoms with Gasteiger partial charge >= 0.3 is 0 Å². The van der Waals surface area contributed by atoms with Crippen LogP contribution in [0.3, 0.4) is 0 Å². The number of hydrogen-bond donors (Lipinski definition) is 0. The molecule has 0 heterocycles. The summed E-state index contributed by atoms with van der Waals surface area (Å²) in [6.07, 6.45) is 3.39. The number of carbonyl (C=O) groups is 1. The fourth-order valence-corrected chi connectivity index (χ4v) is 2.82. The molecule has 1 atom stereocenters. The van der Waals surface area contributed by atoms with Crippen LogP contribution < -0.4 is 0 Å². The first kappa shape index (κ1) is 12.9. The molecule has 0 aliphatic heterocycles. The largest absolute Gasteiger partial charge is 0.295 e. The van der Waals surface area contributed by atoms with Crippen LogP contribution >= 0.6 is 0 Å². The highest BCUT2D eigenvalue weighted by Gasteiger charge is 2.22. The van der Waals surface area contributed by atoms with Crippen molar-refractivity contribution < 1.29 is 4.79 Å². The quantitative estimate of drug-likeness (QED) is 0.777. The predicted molar refractivity (Wildman–Crippen MR) is 82.6 cm³/mol. The minimum Gasteiger partial charge on any atom is -0.295 e. The average Bonchev–Trinajstić information content (AvgIpc) is 2.48. The van der Waals surface area contributed by atoms with Gasteiger partial charge in [0, 0.05) is 6.42 Å². The van der Waals surface area contributed by atoms with Gasteiger partial charge in [0.25, 0.3) is 0 Å². The van der Waals surface area contributed by atoms with E-state index in [0.29, 0.717) is 12.3 Å². The lowest BCUT2D eigenvalue weighted by atomic mass is 9.81. The van der Waals surface area contributed by atoms with Gasteiger partial charge in [-0.15, -0.1) is 0 Å². The molecule has 0 saturated heterocycles. The number of ketones is 1. The highest BCUT2D eigenvalue weighted by molar-refractivity contribution is 5.99. The molecule has 0 fully saturated rings. The van der Waals surface area contributed by atoms with Gasteiger partial charge in [-0.05, 0) is 42.0 Å². The van der Waals surface area contributed by atoms with Crippen molar-refractivity contribution in [2.45, 2.75) is 25.7 Å². The van der Waals surface area contributed by atoms with E-state index in [1.807, 2.05) is 24.3 Å². The molecule has 0 saturated carbocycles. The lowest BCUT2D eigenvalue weighted by molar-refractivity contribution is -0.115. The van der Waals surface area contributed by atoms with E-state index in [0.717, 1.165) is 17.6 Å². The van der Waals surface area contributed by atoms with Crippen molar-refractivity contribution in [1.82, 2.24) is 0 Å². The van der Waals surface area contributed by atoms with Crippen molar-refractivity contribution in [2.24, 2.45) is 0 Å². The summed E-state index contributed by atoms with van der Waals surface area (Å²) in [6.45, 7) is 2.09. The van der Waals surface area contributed by atoms with Gasteiger partial charge in [-0.3, -0.25) is 4.79 Å². The molecule has 0 radical (unpaired) electrons. The molecule has 0 N–H and O–H groups in total. The molecule has 100 valence electrons. The van der Waals surface area contributed by atoms with Crippen LogP contribution in [0.2, 0.25) is 0 Å². The maximum atomic E-state index is 12.0. The normalized spacial score (nSPS) is 18.8. The molecule has 1 aliphatic rings. The van der Waals surface area contributed by atoms with Gasteiger partial charge in [0.15, 0.2) is 5.78 Å². The number of benzene rings is 2. The van der Waals surface area contributed by atoms with Crippen molar-refractivity contribution in [3.63, 3.8) is 0 Å². The second-order valence-electron chi connectivity index (χ2n) is 5.52. The standard InChI is InChI=1S/C19H18O/c1-14-7-9-16(10-8-14)18-11-17(12-19(20)13-18)15-5-3-2-4-6-15/h2-10,12,18H,11,13H2,1H3/t18-/m0/s1. The Labute approximate surface area is 120 Å². The van der Waals surface area contributed by atoms with Gasteiger partial charge in [-0.1, -0.05) is 60.2 Å². The van der Waals surface area contributed by atoms with Gasteiger partial charge < -0.3 is 0 Å². The predicted octanol–water partition coefficient (Wildman–Crippen LogP) is 4.53. The first-order valence-electron chi connectivity index (χ1n) is 7.08. The summed E-state index contributed by atoms with van der Waals surface area (Å²) in [7, 11) is 0. The van der Waals surface area contributed by atoms with E-state index >= 15 is 0 Å². The third-order valence-corrected chi connectivity index (χ3v) is 3.94. The van der Waals surface area contributed by atoms with Crippen LogP contribution in [-0.2, 0) is 4.79 Å². The highest BCUT2D eigenvalue weighted by Crippen LogP contribution is 2.35. The van der Waals surface area contributed by atoms with E-state index in [1.54, 1.807) is 0 Å². The third kappa shape index (κ3) is 2.72. The van der Waals surface area contributed by atoms with Crippen LogP contribution in [0.1, 0.15) is 35.4 Å². The number of carbonyl (C=O) groups excluding carboxylic acids is 1. The van der Waals surface area contributed by atoms with Crippen molar-refractivity contribution in [2.75, 3.05) is 0 Å². The van der Waals surface area contributed by atoms with E-state index in [4.69, 9.17) is 0 Å². The van der Waals surface area contributed by atoms with E-state index < -0.39 is 0 Å². The summed E-state index contributed by atoms with van der Waals surface area (Å²) in [4.78, 5) is 12.0. The Hall–Kier alpha value is -2.15. The summed E-state index contributed by atoms with van der Waals surface area (Å²) < 4.78 is 0. The SMILES string of the molecule is Cc1ccc([C@@H]2CC(=O)C=C(c3ccccc3)C2)cc1. The zero-order valence-electron chi connectivity index (χ0n) is 11.7. The Morgan fingerprint density at radius 1 is 0.900 bits per heavy atom. The van der Waals surface area contributed by atoms with Crippen LogP contribution in [-0.4, -0.2) is 5.78 Å². The fourth-order valence-electron chi connectivity index (χ4n) is 2.82. The Morgan fingerprint density at radius 3 is 2.30 bits per heavy atom. The first-order valence-corrected chi connectivity index (χ1v) is 7.08. The number of aryl methyl sites for hydroxylation is 1. The van der Waals surface area contributed by atoms with Crippen LogP contribution in [0, 0.1) is 6.92 Å². The summed E-state index contributed by atoms with van der Waals surface area (Å²) >= 11 is 0. The monoisotopic (exact) mass is 262 g/mol. The zero-order valence-corrected chi connectivity index (χ0v) is 11.7. The molecule has 0 amide bonds. The molecule has 0 unspecified atom stereocenters. The van der Waals surface area contributed by atoms with Crippen LogP contribution in [0.4, 0.5) is 0 Å². The minimum atomic E-state index is 0.237. The van der Waals surface area contributed by atoms with Crippen molar-refractivity contribution in [1.29, 1.82) is 0 Å². The van der Waals surface area contributed by atoms with E-state index in [2.05, 4.69) is 43.3 Å². The van der Waals surface area contributed by atoms with Crippen LogP contribution in [0.15, 0.2) is 60.7 Å². The lowest BCUT2D eigenvalue weighted by Gasteiger charge is -2.23. The topological polar surface area (TPSA) is 17.1 Å². The molecule has 0 aromatic heterocycles. The number of rotatable bonds is 2. The van der Waals surface area contributed by atoms with E-state index in [9.17, 15) is 4.79 Å². The second-order valence-corrected chi connectivity index (χ2v) is 5.52. The molecule has 2 aromatic rings. The minimum absolute atomic E-state index is 0.237. The molecular formula is C19H18O. The Kier molecular flexibility index (Phi) is 3.51. The van der Waals surface area contributed by atoms with Gasteiger partial charge in [-0.2, -0.15) is 0 Å². The van der Waals surface area contributed by atoms with Gasteiger partial charge in [0.2, 0.25) is 0 Å². The fraction of sp³-hybridized carbons (Fsp3) is 0.211. The lowest BCUT2D eigenvalue weighted by Crippen LogP contribution is -2.12. The Balaban J connectivity index is 1.89. The van der Waals surface area contributed by atoms with Gasteiger partial charge in [-0.25, -0.2) is 0 Å². The Morgan fingerprint density at radius 2 is 1.60 bits per heavy atom. The van der Waals surface area contributed by atoms with Crippen molar-refractivity contribution >= 4 is 11.4 Å². The molecule has 0 bridgehead atoms. The first-order chi connectivity index (χ1) is 9.72. The molecular weight excluding hydrogens is 244 g/mol. The maximum absolute atomic E-state index is 12.0. The zero-order chi connectivity index (χ0) is 13.9. The molecule has 3 rings (SSSR count). The molecule has 2 aromatic carbocycles. The maximum Gasteiger partial charge on any atom is 0.156 e. The third-order valence-electron chi connectivity index (χ3n) is 3.94. The Bertz CT molecular complexity index is 635. The average molecular weight is 262 g/mol. The van der Waals surface area contributed by atoms with Crippen molar-refractivity contribution in [3.8, 4) is 0 Å². The van der Waals surface area contributed by atoms with Crippen LogP contribution in [0.25, 0.3) is 5.57 Å². The second kappa shape index (κ2) is 5.46. The summed E-state index contributed by atoms with van der Waals surface area (Å²) in [5.74, 6) is 0.545.